The van der Waals surface area contributed by atoms with Gasteiger partial charge in [-0.2, -0.15) is 0 Å². The number of amides is 1. The second-order valence-corrected chi connectivity index (χ2v) is 4.00. The maximum Gasteiger partial charge on any atom is 0.241 e. The SMILES string of the molecule is NC(=O)/C=C\c1c[nH]c2cccc(Br)c12. The van der Waals surface area contributed by atoms with Crippen molar-refractivity contribution in [1.82, 2.24) is 4.98 Å². The molecule has 1 amide bonds. The molecule has 1 aromatic heterocycles. The van der Waals surface area contributed by atoms with Crippen LogP contribution in [0.5, 0.6) is 0 Å². The summed E-state index contributed by atoms with van der Waals surface area (Å²) in [7, 11) is 0. The van der Waals surface area contributed by atoms with Crippen LogP contribution in [0.2, 0.25) is 0 Å². The van der Waals surface area contributed by atoms with Crippen LogP contribution >= 0.6 is 15.9 Å². The summed E-state index contributed by atoms with van der Waals surface area (Å²) in [6, 6.07) is 5.88. The Labute approximate surface area is 95.1 Å². The molecule has 0 atom stereocenters. The zero-order valence-electron chi connectivity index (χ0n) is 7.83. The second kappa shape index (κ2) is 3.90. The molecule has 1 heterocycles. The van der Waals surface area contributed by atoms with E-state index in [1.165, 1.54) is 6.08 Å². The van der Waals surface area contributed by atoms with Gasteiger partial charge < -0.3 is 10.7 Å². The van der Waals surface area contributed by atoms with Crippen molar-refractivity contribution < 1.29 is 4.79 Å². The van der Waals surface area contributed by atoms with Crippen LogP contribution in [0.25, 0.3) is 17.0 Å². The number of H-pyrrole nitrogens is 1. The van der Waals surface area contributed by atoms with E-state index in [0.29, 0.717) is 0 Å². The van der Waals surface area contributed by atoms with Crippen LogP contribution in [0, 0.1) is 0 Å². The van der Waals surface area contributed by atoms with E-state index >= 15 is 0 Å². The van der Waals surface area contributed by atoms with Gasteiger partial charge in [-0.15, -0.1) is 0 Å². The molecule has 2 aromatic rings. The summed E-state index contributed by atoms with van der Waals surface area (Å²) in [6.45, 7) is 0. The van der Waals surface area contributed by atoms with Crippen LogP contribution in [-0.4, -0.2) is 10.9 Å². The van der Waals surface area contributed by atoms with Crippen LogP contribution in [0.15, 0.2) is 34.9 Å². The lowest BCUT2D eigenvalue weighted by atomic mass is 10.1. The first-order chi connectivity index (χ1) is 7.18. The van der Waals surface area contributed by atoms with E-state index in [-0.39, 0.29) is 0 Å². The van der Waals surface area contributed by atoms with Crippen molar-refractivity contribution in [3.05, 3.63) is 40.5 Å². The van der Waals surface area contributed by atoms with Crippen molar-refractivity contribution in [1.29, 1.82) is 0 Å². The molecule has 0 aliphatic heterocycles. The maximum absolute atomic E-state index is 10.6. The number of primary amides is 1. The predicted octanol–water partition coefficient (Wildman–Crippen LogP) is 2.43. The molecule has 15 heavy (non-hydrogen) atoms. The van der Waals surface area contributed by atoms with E-state index in [1.807, 2.05) is 24.4 Å². The second-order valence-electron chi connectivity index (χ2n) is 3.14. The molecular formula is C11H9BrN2O. The highest BCUT2D eigenvalue weighted by molar-refractivity contribution is 9.10. The Balaban J connectivity index is 2.57. The van der Waals surface area contributed by atoms with Gasteiger partial charge in [-0.05, 0) is 18.2 Å². The van der Waals surface area contributed by atoms with E-state index < -0.39 is 5.91 Å². The van der Waals surface area contributed by atoms with Crippen LogP contribution in [0.4, 0.5) is 0 Å². The van der Waals surface area contributed by atoms with E-state index in [0.717, 1.165) is 20.9 Å². The van der Waals surface area contributed by atoms with Crippen LogP contribution in [0.3, 0.4) is 0 Å². The lowest BCUT2D eigenvalue weighted by Crippen LogP contribution is -2.04. The first-order valence-electron chi connectivity index (χ1n) is 4.41. The topological polar surface area (TPSA) is 58.9 Å². The monoisotopic (exact) mass is 264 g/mol. The average molecular weight is 265 g/mol. The molecule has 0 unspecified atom stereocenters. The highest BCUT2D eigenvalue weighted by Gasteiger charge is 2.03. The number of carbonyl (C=O) groups is 1. The molecule has 0 fully saturated rings. The Morgan fingerprint density at radius 3 is 3.00 bits per heavy atom. The van der Waals surface area contributed by atoms with Crippen LogP contribution in [-0.2, 0) is 4.79 Å². The molecule has 0 aliphatic carbocycles. The first kappa shape index (κ1) is 9.98. The van der Waals surface area contributed by atoms with Crippen molar-refractivity contribution >= 4 is 38.8 Å². The van der Waals surface area contributed by atoms with E-state index in [1.54, 1.807) is 6.08 Å². The van der Waals surface area contributed by atoms with Gasteiger partial charge in [0.05, 0.1) is 0 Å². The number of fused-ring (bicyclic) bond motifs is 1. The third-order valence-corrected chi connectivity index (χ3v) is 2.77. The molecule has 3 nitrogen and oxygen atoms in total. The number of hydrogen-bond acceptors (Lipinski definition) is 1. The molecule has 0 saturated heterocycles. The largest absolute Gasteiger partial charge is 0.366 e. The summed E-state index contributed by atoms with van der Waals surface area (Å²) >= 11 is 3.46. The Kier molecular flexibility index (Phi) is 2.60. The molecule has 76 valence electrons. The molecule has 0 radical (unpaired) electrons. The lowest BCUT2D eigenvalue weighted by molar-refractivity contribution is -0.113. The molecule has 4 heteroatoms. The Morgan fingerprint density at radius 2 is 2.27 bits per heavy atom. The average Bonchev–Trinajstić information content (AvgIpc) is 2.59. The summed E-state index contributed by atoms with van der Waals surface area (Å²) in [6.07, 6.45) is 4.89. The first-order valence-corrected chi connectivity index (χ1v) is 5.21. The van der Waals surface area contributed by atoms with E-state index in [4.69, 9.17) is 5.73 Å². The van der Waals surface area contributed by atoms with Gasteiger partial charge in [0.1, 0.15) is 0 Å². The van der Waals surface area contributed by atoms with Gasteiger partial charge >= 0.3 is 0 Å². The normalized spacial score (nSPS) is 11.3. The van der Waals surface area contributed by atoms with E-state index in [2.05, 4.69) is 20.9 Å². The lowest BCUT2D eigenvalue weighted by Gasteiger charge is -1.95. The summed E-state index contributed by atoms with van der Waals surface area (Å²) in [5.41, 5.74) is 7.01. The minimum atomic E-state index is -0.448. The maximum atomic E-state index is 10.6. The summed E-state index contributed by atoms with van der Waals surface area (Å²) in [5.74, 6) is -0.448. The molecule has 3 N–H and O–H groups in total. The van der Waals surface area contributed by atoms with Gasteiger partial charge in [0.25, 0.3) is 0 Å². The number of nitrogens with two attached hydrogens (primary N) is 1. The smallest absolute Gasteiger partial charge is 0.241 e. The highest BCUT2D eigenvalue weighted by Crippen LogP contribution is 2.27. The van der Waals surface area contributed by atoms with Gasteiger partial charge in [0.2, 0.25) is 5.91 Å². The molecule has 0 aliphatic rings. The molecule has 2 rings (SSSR count). The number of carbonyl (C=O) groups excluding carboxylic acids is 1. The fraction of sp³-hybridized carbons (Fsp3) is 0. The molecule has 0 spiro atoms. The van der Waals surface area contributed by atoms with Gasteiger partial charge in [0, 0.05) is 33.2 Å². The van der Waals surface area contributed by atoms with Gasteiger partial charge in [-0.1, -0.05) is 22.0 Å². The van der Waals surface area contributed by atoms with Crippen LogP contribution < -0.4 is 5.73 Å². The Morgan fingerprint density at radius 1 is 1.47 bits per heavy atom. The van der Waals surface area contributed by atoms with Gasteiger partial charge in [-0.3, -0.25) is 4.79 Å². The number of rotatable bonds is 2. The van der Waals surface area contributed by atoms with Crippen molar-refractivity contribution in [3.8, 4) is 0 Å². The van der Waals surface area contributed by atoms with Crippen LogP contribution in [0.1, 0.15) is 5.56 Å². The fourth-order valence-corrected chi connectivity index (χ4v) is 2.06. The number of halogens is 1. The number of benzene rings is 1. The third kappa shape index (κ3) is 1.94. The standard InChI is InChI=1S/C11H9BrN2O/c12-8-2-1-3-9-11(8)7(6-14-9)4-5-10(13)15/h1-6,14H,(H2,13,15)/b5-4-. The number of aromatic amines is 1. The van der Waals surface area contributed by atoms with Crippen molar-refractivity contribution in [2.75, 3.05) is 0 Å². The molecule has 0 bridgehead atoms. The molecule has 1 aromatic carbocycles. The minimum Gasteiger partial charge on any atom is -0.366 e. The molecular weight excluding hydrogens is 256 g/mol. The van der Waals surface area contributed by atoms with Crippen molar-refractivity contribution in [3.63, 3.8) is 0 Å². The Bertz CT molecular complexity index is 543. The number of hydrogen-bond donors (Lipinski definition) is 2. The number of nitrogens with one attached hydrogen (secondary N) is 1. The quantitative estimate of drug-likeness (QED) is 0.805. The Hall–Kier alpha value is -1.55. The number of aromatic nitrogens is 1. The van der Waals surface area contributed by atoms with Crippen molar-refractivity contribution in [2.24, 2.45) is 5.73 Å². The predicted molar refractivity (Wildman–Crippen MR) is 64.2 cm³/mol. The zero-order chi connectivity index (χ0) is 10.8. The van der Waals surface area contributed by atoms with Gasteiger partial charge in [-0.25, -0.2) is 0 Å². The third-order valence-electron chi connectivity index (χ3n) is 2.11. The van der Waals surface area contributed by atoms with Crippen molar-refractivity contribution in [2.45, 2.75) is 0 Å². The van der Waals surface area contributed by atoms with Gasteiger partial charge in [0.15, 0.2) is 0 Å². The fourth-order valence-electron chi connectivity index (χ4n) is 1.47. The summed E-state index contributed by atoms with van der Waals surface area (Å²) in [5, 5.41) is 1.05. The minimum absolute atomic E-state index is 0.448. The summed E-state index contributed by atoms with van der Waals surface area (Å²) in [4.78, 5) is 13.7. The highest BCUT2D eigenvalue weighted by atomic mass is 79.9. The van der Waals surface area contributed by atoms with E-state index in [9.17, 15) is 4.79 Å². The molecule has 0 saturated carbocycles. The summed E-state index contributed by atoms with van der Waals surface area (Å²) < 4.78 is 0.991. The zero-order valence-corrected chi connectivity index (χ0v) is 9.41.